The fraction of sp³-hybridized carbons (Fsp3) is 0.444. The lowest BCUT2D eigenvalue weighted by atomic mass is 10.1. The summed E-state index contributed by atoms with van der Waals surface area (Å²) in [5.74, 6) is 0.753. The van der Waals surface area contributed by atoms with E-state index in [1.807, 2.05) is 0 Å². The molecular formula is C18H23NO2. The highest BCUT2D eigenvalue weighted by atomic mass is 16.5. The lowest BCUT2D eigenvalue weighted by molar-refractivity contribution is 0.0324. The molecule has 2 N–H and O–H groups in total. The number of hydrogen-bond donors (Lipinski definition) is 2. The van der Waals surface area contributed by atoms with Crippen LogP contribution in [0.3, 0.4) is 0 Å². The van der Waals surface area contributed by atoms with Crippen molar-refractivity contribution < 1.29 is 9.84 Å². The molecule has 112 valence electrons. The van der Waals surface area contributed by atoms with Gasteiger partial charge in [0, 0.05) is 19.7 Å². The zero-order valence-electron chi connectivity index (χ0n) is 12.3. The smallest absolute Gasteiger partial charge is 0.0897 e. The normalized spacial score (nSPS) is 16.2. The number of nitrogens with one attached hydrogen (secondary N) is 1. The van der Waals surface area contributed by atoms with Crippen LogP contribution in [0.15, 0.2) is 42.5 Å². The van der Waals surface area contributed by atoms with Gasteiger partial charge in [0.15, 0.2) is 0 Å². The lowest BCUT2D eigenvalue weighted by Crippen LogP contribution is -2.30. The third-order valence-electron chi connectivity index (χ3n) is 3.88. The third kappa shape index (κ3) is 4.53. The van der Waals surface area contributed by atoms with E-state index in [4.69, 9.17) is 4.74 Å². The molecule has 2 aromatic carbocycles. The van der Waals surface area contributed by atoms with Crippen molar-refractivity contribution in [1.29, 1.82) is 0 Å². The quantitative estimate of drug-likeness (QED) is 0.783. The van der Waals surface area contributed by atoms with Crippen molar-refractivity contribution in [2.45, 2.75) is 25.5 Å². The molecule has 1 atom stereocenters. The van der Waals surface area contributed by atoms with Gasteiger partial charge in [-0.2, -0.15) is 0 Å². The van der Waals surface area contributed by atoms with Crippen LogP contribution in [0.4, 0.5) is 0 Å². The predicted molar refractivity (Wildman–Crippen MR) is 85.2 cm³/mol. The summed E-state index contributed by atoms with van der Waals surface area (Å²) in [4.78, 5) is 0. The average molecular weight is 285 g/mol. The summed E-state index contributed by atoms with van der Waals surface area (Å²) >= 11 is 0. The van der Waals surface area contributed by atoms with E-state index >= 15 is 0 Å². The van der Waals surface area contributed by atoms with Crippen molar-refractivity contribution in [3.8, 4) is 0 Å². The van der Waals surface area contributed by atoms with Crippen LogP contribution in [0.1, 0.15) is 18.4 Å². The zero-order valence-corrected chi connectivity index (χ0v) is 12.3. The van der Waals surface area contributed by atoms with Crippen molar-refractivity contribution >= 4 is 10.8 Å². The number of benzene rings is 2. The SMILES string of the molecule is OC(CNCc1ccc2ccccc2c1)COCC1CC1. The van der Waals surface area contributed by atoms with Gasteiger partial charge in [0.25, 0.3) is 0 Å². The zero-order chi connectivity index (χ0) is 14.5. The Labute approximate surface area is 125 Å². The van der Waals surface area contributed by atoms with Gasteiger partial charge in [-0.1, -0.05) is 36.4 Å². The topological polar surface area (TPSA) is 41.5 Å². The second kappa shape index (κ2) is 7.03. The molecule has 1 aliphatic carbocycles. The molecule has 1 fully saturated rings. The van der Waals surface area contributed by atoms with E-state index in [1.165, 1.54) is 29.2 Å². The maximum absolute atomic E-state index is 9.84. The Morgan fingerprint density at radius 3 is 2.76 bits per heavy atom. The van der Waals surface area contributed by atoms with Gasteiger partial charge in [0.1, 0.15) is 0 Å². The fourth-order valence-corrected chi connectivity index (χ4v) is 2.45. The molecule has 21 heavy (non-hydrogen) atoms. The highest BCUT2D eigenvalue weighted by molar-refractivity contribution is 5.82. The van der Waals surface area contributed by atoms with Crippen LogP contribution >= 0.6 is 0 Å². The number of fused-ring (bicyclic) bond motifs is 1. The van der Waals surface area contributed by atoms with Gasteiger partial charge in [-0.3, -0.25) is 0 Å². The molecule has 0 bridgehead atoms. The van der Waals surface area contributed by atoms with E-state index in [-0.39, 0.29) is 0 Å². The third-order valence-corrected chi connectivity index (χ3v) is 3.88. The second-order valence-corrected chi connectivity index (χ2v) is 5.95. The largest absolute Gasteiger partial charge is 0.389 e. The van der Waals surface area contributed by atoms with Crippen LogP contribution in [0.5, 0.6) is 0 Å². The van der Waals surface area contributed by atoms with Gasteiger partial charge < -0.3 is 15.2 Å². The van der Waals surface area contributed by atoms with Gasteiger partial charge >= 0.3 is 0 Å². The van der Waals surface area contributed by atoms with Gasteiger partial charge in [-0.25, -0.2) is 0 Å². The van der Waals surface area contributed by atoms with Gasteiger partial charge in [0.2, 0.25) is 0 Å². The minimum Gasteiger partial charge on any atom is -0.389 e. The van der Waals surface area contributed by atoms with Gasteiger partial charge in [-0.05, 0) is 41.2 Å². The van der Waals surface area contributed by atoms with Gasteiger partial charge in [0.05, 0.1) is 12.7 Å². The molecule has 1 saturated carbocycles. The van der Waals surface area contributed by atoms with Crippen LogP contribution in [0, 0.1) is 5.92 Å². The highest BCUT2D eigenvalue weighted by Gasteiger charge is 2.21. The number of aliphatic hydroxyl groups excluding tert-OH is 1. The summed E-state index contributed by atoms with van der Waals surface area (Å²) in [5, 5.41) is 15.6. The standard InChI is InChI=1S/C18H23NO2/c20-18(13-21-12-14-5-6-14)11-19-10-15-7-8-16-3-1-2-4-17(16)9-15/h1-4,7-9,14,18-20H,5-6,10-13H2. The molecule has 3 heteroatoms. The van der Waals surface area contributed by atoms with Crippen molar-refractivity contribution in [2.24, 2.45) is 5.92 Å². The fourth-order valence-electron chi connectivity index (χ4n) is 2.45. The molecule has 0 saturated heterocycles. The summed E-state index contributed by atoms with van der Waals surface area (Å²) in [5.41, 5.74) is 1.24. The first-order chi connectivity index (χ1) is 10.3. The molecule has 1 unspecified atom stereocenters. The van der Waals surface area contributed by atoms with E-state index in [9.17, 15) is 5.11 Å². The van der Waals surface area contributed by atoms with E-state index in [1.54, 1.807) is 0 Å². The van der Waals surface area contributed by atoms with Crippen LogP contribution in [-0.2, 0) is 11.3 Å². The molecule has 3 nitrogen and oxygen atoms in total. The Balaban J connectivity index is 1.40. The van der Waals surface area contributed by atoms with Crippen molar-refractivity contribution in [1.82, 2.24) is 5.32 Å². The molecule has 0 heterocycles. The predicted octanol–water partition coefficient (Wildman–Crippen LogP) is 2.72. The molecule has 0 aliphatic heterocycles. The maximum Gasteiger partial charge on any atom is 0.0897 e. The van der Waals surface area contributed by atoms with Crippen molar-refractivity contribution in [3.63, 3.8) is 0 Å². The molecule has 0 spiro atoms. The van der Waals surface area contributed by atoms with E-state index in [0.29, 0.717) is 13.2 Å². The summed E-state index contributed by atoms with van der Waals surface area (Å²) in [7, 11) is 0. The Kier molecular flexibility index (Phi) is 4.86. The first-order valence-electron chi connectivity index (χ1n) is 7.75. The van der Waals surface area contributed by atoms with Crippen molar-refractivity contribution in [3.05, 3.63) is 48.0 Å². The van der Waals surface area contributed by atoms with E-state index in [2.05, 4.69) is 47.8 Å². The van der Waals surface area contributed by atoms with Gasteiger partial charge in [-0.15, -0.1) is 0 Å². The molecule has 1 aliphatic rings. The summed E-state index contributed by atoms with van der Waals surface area (Å²) < 4.78 is 5.49. The molecule has 3 rings (SSSR count). The lowest BCUT2D eigenvalue weighted by Gasteiger charge is -2.12. The first kappa shape index (κ1) is 14.5. The van der Waals surface area contributed by atoms with Crippen LogP contribution < -0.4 is 5.32 Å². The number of ether oxygens (including phenoxy) is 1. The molecule has 0 amide bonds. The summed E-state index contributed by atoms with van der Waals surface area (Å²) in [6.07, 6.45) is 2.15. The molecule has 0 radical (unpaired) electrons. The number of rotatable bonds is 8. The Hall–Kier alpha value is -1.42. The Morgan fingerprint density at radius 1 is 1.14 bits per heavy atom. The highest BCUT2D eigenvalue weighted by Crippen LogP contribution is 2.28. The minimum atomic E-state index is -0.427. The first-order valence-corrected chi connectivity index (χ1v) is 7.75. The van der Waals surface area contributed by atoms with E-state index < -0.39 is 6.10 Å². The monoisotopic (exact) mass is 285 g/mol. The van der Waals surface area contributed by atoms with Crippen LogP contribution in [-0.4, -0.2) is 31.0 Å². The summed E-state index contributed by atoms with van der Waals surface area (Å²) in [6, 6.07) is 14.8. The molecule has 0 aromatic heterocycles. The molecular weight excluding hydrogens is 262 g/mol. The summed E-state index contributed by atoms with van der Waals surface area (Å²) in [6.45, 7) is 2.57. The number of hydrogen-bond acceptors (Lipinski definition) is 3. The molecule has 2 aromatic rings. The minimum absolute atomic E-state index is 0.427. The Bertz CT molecular complexity index is 580. The average Bonchev–Trinajstić information content (AvgIpc) is 3.31. The number of aliphatic hydroxyl groups is 1. The van der Waals surface area contributed by atoms with Crippen LogP contribution in [0.25, 0.3) is 10.8 Å². The van der Waals surface area contributed by atoms with E-state index in [0.717, 1.165) is 19.1 Å². The second-order valence-electron chi connectivity index (χ2n) is 5.95. The van der Waals surface area contributed by atoms with Crippen molar-refractivity contribution in [2.75, 3.05) is 19.8 Å². The Morgan fingerprint density at radius 2 is 1.95 bits per heavy atom. The van der Waals surface area contributed by atoms with Crippen LogP contribution in [0.2, 0.25) is 0 Å². The maximum atomic E-state index is 9.84.